The number of halogens is 3. The Labute approximate surface area is 265 Å². The van der Waals surface area contributed by atoms with Gasteiger partial charge in [0.25, 0.3) is 5.91 Å². The summed E-state index contributed by atoms with van der Waals surface area (Å²) in [5.41, 5.74) is 0.920. The third-order valence-electron chi connectivity index (χ3n) is 7.86. The molecule has 1 saturated heterocycles. The molecular weight excluding hydrogens is 602 g/mol. The second kappa shape index (κ2) is 13.8. The fourth-order valence-corrected chi connectivity index (χ4v) is 5.90. The third kappa shape index (κ3) is 7.11. The Balaban J connectivity index is 0.00000461. The highest BCUT2D eigenvalue weighted by molar-refractivity contribution is 6.31. The van der Waals surface area contributed by atoms with Crippen molar-refractivity contribution < 1.29 is 23.2 Å². The minimum Gasteiger partial charge on any atom is -0.351 e. The van der Waals surface area contributed by atoms with Gasteiger partial charge in [-0.25, -0.2) is 18.6 Å². The number of carbonyl (C=O) groups is 3. The van der Waals surface area contributed by atoms with E-state index in [0.717, 1.165) is 0 Å². The van der Waals surface area contributed by atoms with Crippen molar-refractivity contribution in [2.75, 3.05) is 9.80 Å². The molecule has 45 heavy (non-hydrogen) atoms. The summed E-state index contributed by atoms with van der Waals surface area (Å²) in [6.45, 7) is 7.36. The first-order chi connectivity index (χ1) is 21.1. The number of alkyl halides is 2. The van der Waals surface area contributed by atoms with Crippen LogP contribution in [0.15, 0.2) is 66.9 Å². The van der Waals surface area contributed by atoms with E-state index in [4.69, 9.17) is 18.2 Å². The van der Waals surface area contributed by atoms with Gasteiger partial charge in [0.2, 0.25) is 17.7 Å². The van der Waals surface area contributed by atoms with Gasteiger partial charge in [0.1, 0.15) is 17.9 Å². The molecule has 0 radical (unpaired) electrons. The van der Waals surface area contributed by atoms with Crippen LogP contribution in [0.2, 0.25) is 5.02 Å². The van der Waals surface area contributed by atoms with Crippen molar-refractivity contribution in [3.63, 3.8) is 0 Å². The van der Waals surface area contributed by atoms with Crippen LogP contribution in [0.25, 0.3) is 4.85 Å². The molecule has 9 nitrogen and oxygen atoms in total. The first-order valence-electron chi connectivity index (χ1n) is 14.0. The van der Waals surface area contributed by atoms with Crippen molar-refractivity contribution in [3.05, 3.63) is 94.4 Å². The first-order valence-corrected chi connectivity index (χ1v) is 14.4. The van der Waals surface area contributed by atoms with E-state index >= 15 is 0 Å². The van der Waals surface area contributed by atoms with E-state index in [1.165, 1.54) is 34.2 Å². The smallest absolute Gasteiger partial charge is 0.251 e. The van der Waals surface area contributed by atoms with E-state index in [1.54, 1.807) is 42.5 Å². The molecule has 2 aromatic carbocycles. The van der Waals surface area contributed by atoms with Crippen LogP contribution < -0.4 is 15.1 Å². The van der Waals surface area contributed by atoms with E-state index in [0.29, 0.717) is 0 Å². The molecule has 2 heterocycles. The standard InChI is InChI=1S/C32H27ClF2N6O3.CH4/c1-37-22-13-16-38-27(18-22)41-26(9-10-28(41)42)31(44)40(23-6-4-5-20(17-23)19-36)29(24-7-2-3-8-25(24)33)30(43)39-21-11-14-32(34,35)15-12-21;/h2-8,13,16-18,21,26,29H,9-12,14-15H2,(H,39,43);1H4/t26-,29-;/m0./s1. The fourth-order valence-electron chi connectivity index (χ4n) is 5.66. The summed E-state index contributed by atoms with van der Waals surface area (Å²) < 4.78 is 27.8. The van der Waals surface area contributed by atoms with Crippen LogP contribution in [0.3, 0.4) is 0 Å². The van der Waals surface area contributed by atoms with Crippen molar-refractivity contribution in [1.82, 2.24) is 10.3 Å². The second-order valence-corrected chi connectivity index (χ2v) is 11.1. The molecule has 0 bridgehead atoms. The zero-order valence-corrected chi connectivity index (χ0v) is 24.2. The monoisotopic (exact) mass is 632 g/mol. The molecule has 2 atom stereocenters. The molecule has 0 spiro atoms. The summed E-state index contributed by atoms with van der Waals surface area (Å²) >= 11 is 6.61. The quantitative estimate of drug-likeness (QED) is 0.290. The molecule has 3 aromatic rings. The number of carbonyl (C=O) groups excluding carboxylic acids is 3. The van der Waals surface area contributed by atoms with Crippen molar-refractivity contribution >= 4 is 46.5 Å². The van der Waals surface area contributed by atoms with Gasteiger partial charge < -0.3 is 5.32 Å². The molecule has 1 aliphatic carbocycles. The van der Waals surface area contributed by atoms with E-state index in [1.807, 2.05) is 6.07 Å². The Kier molecular flexibility index (Phi) is 10.2. The summed E-state index contributed by atoms with van der Waals surface area (Å²) in [5.74, 6) is -4.36. The molecule has 1 N–H and O–H groups in total. The molecule has 2 fully saturated rings. The average molecular weight is 633 g/mol. The number of nitriles is 1. The molecule has 232 valence electrons. The van der Waals surface area contributed by atoms with Gasteiger partial charge in [0.15, 0.2) is 5.69 Å². The number of pyridine rings is 1. The Morgan fingerprint density at radius 1 is 1.13 bits per heavy atom. The maximum atomic E-state index is 14.7. The molecule has 1 aliphatic heterocycles. The summed E-state index contributed by atoms with van der Waals surface area (Å²) in [6.07, 6.45) is 0.850. The van der Waals surface area contributed by atoms with E-state index in [2.05, 4.69) is 15.1 Å². The number of nitrogens with zero attached hydrogens (tertiary/aromatic N) is 5. The zero-order chi connectivity index (χ0) is 31.4. The lowest BCUT2D eigenvalue weighted by molar-refractivity contribution is -0.128. The Bertz CT molecular complexity index is 1680. The lowest BCUT2D eigenvalue weighted by Gasteiger charge is -2.37. The lowest BCUT2D eigenvalue weighted by Crippen LogP contribution is -2.53. The number of nitrogens with one attached hydrogen (secondary N) is 1. The molecular formula is C33H31ClF2N6O3. The maximum Gasteiger partial charge on any atom is 0.251 e. The number of hydrogen-bond donors (Lipinski definition) is 1. The van der Waals surface area contributed by atoms with Gasteiger partial charge in [-0.2, -0.15) is 5.26 Å². The minimum atomic E-state index is -2.81. The Morgan fingerprint density at radius 3 is 2.56 bits per heavy atom. The predicted molar refractivity (Wildman–Crippen MR) is 166 cm³/mol. The van der Waals surface area contributed by atoms with Crippen LogP contribution in [0, 0.1) is 17.9 Å². The van der Waals surface area contributed by atoms with Gasteiger partial charge >= 0.3 is 0 Å². The van der Waals surface area contributed by atoms with Gasteiger partial charge in [-0.3, -0.25) is 24.2 Å². The van der Waals surface area contributed by atoms with Gasteiger partial charge in [-0.05, 0) is 55.7 Å². The van der Waals surface area contributed by atoms with Crippen molar-refractivity contribution in [1.29, 1.82) is 5.26 Å². The van der Waals surface area contributed by atoms with Crippen molar-refractivity contribution in [2.45, 2.75) is 70.0 Å². The number of aromatic nitrogens is 1. The highest BCUT2D eigenvalue weighted by Crippen LogP contribution is 2.38. The summed E-state index contributed by atoms with van der Waals surface area (Å²) in [7, 11) is 0. The molecule has 3 amide bonds. The molecule has 1 aromatic heterocycles. The van der Waals surface area contributed by atoms with Crippen LogP contribution in [0.1, 0.15) is 63.1 Å². The van der Waals surface area contributed by atoms with Gasteiger partial charge in [-0.15, -0.1) is 0 Å². The number of benzene rings is 2. The van der Waals surface area contributed by atoms with Crippen LogP contribution in [0.4, 0.5) is 26.0 Å². The van der Waals surface area contributed by atoms with Gasteiger partial charge in [-0.1, -0.05) is 43.3 Å². The normalized spacial score (nSPS) is 18.2. The zero-order valence-electron chi connectivity index (χ0n) is 23.4. The SMILES string of the molecule is C.[C-]#[N+]c1ccnc(N2C(=O)CC[C@H]2C(=O)N(c2cccc(C#N)c2)[C@H](C(=O)NC2CCC(F)(F)CC2)c2ccccc2Cl)c1. The number of amides is 3. The molecule has 0 unspecified atom stereocenters. The Hall–Kier alpha value is -4.87. The van der Waals surface area contributed by atoms with Crippen molar-refractivity contribution in [3.8, 4) is 6.07 Å². The summed E-state index contributed by atoms with van der Waals surface area (Å²) in [6, 6.07) is 14.5. The van der Waals surface area contributed by atoms with Gasteiger partial charge in [0.05, 0.1) is 18.2 Å². The number of anilines is 2. The lowest BCUT2D eigenvalue weighted by atomic mass is 9.91. The van der Waals surface area contributed by atoms with Crippen LogP contribution in [-0.4, -0.2) is 40.7 Å². The highest BCUT2D eigenvalue weighted by atomic mass is 35.5. The summed E-state index contributed by atoms with van der Waals surface area (Å²) in [4.78, 5) is 52.0. The second-order valence-electron chi connectivity index (χ2n) is 10.7. The van der Waals surface area contributed by atoms with Crippen LogP contribution in [0.5, 0.6) is 0 Å². The largest absolute Gasteiger partial charge is 0.351 e. The average Bonchev–Trinajstić information content (AvgIpc) is 3.42. The van der Waals surface area contributed by atoms with E-state index < -0.39 is 35.9 Å². The van der Waals surface area contributed by atoms with E-state index in [9.17, 15) is 28.4 Å². The van der Waals surface area contributed by atoms with E-state index in [-0.39, 0.29) is 85.2 Å². The molecule has 2 aliphatic rings. The predicted octanol–water partition coefficient (Wildman–Crippen LogP) is 6.76. The highest BCUT2D eigenvalue weighted by Gasteiger charge is 2.45. The molecule has 12 heteroatoms. The molecule has 1 saturated carbocycles. The topological polar surface area (TPSA) is 111 Å². The third-order valence-corrected chi connectivity index (χ3v) is 8.21. The van der Waals surface area contributed by atoms with Crippen molar-refractivity contribution in [2.24, 2.45) is 0 Å². The van der Waals surface area contributed by atoms with Crippen LogP contribution >= 0.6 is 11.6 Å². The maximum absolute atomic E-state index is 14.7. The first kappa shape index (κ1) is 33.0. The Morgan fingerprint density at radius 2 is 1.87 bits per heavy atom. The fraction of sp³-hybridized carbons (Fsp3) is 0.333. The number of rotatable bonds is 7. The minimum absolute atomic E-state index is 0. The summed E-state index contributed by atoms with van der Waals surface area (Å²) in [5, 5.41) is 12.7. The molecule has 5 rings (SSSR count). The van der Waals surface area contributed by atoms with Gasteiger partial charge in [0, 0.05) is 47.8 Å². The number of hydrogen-bond acceptors (Lipinski definition) is 5. The van der Waals surface area contributed by atoms with Crippen LogP contribution in [-0.2, 0) is 14.4 Å².